The van der Waals surface area contributed by atoms with Gasteiger partial charge in [0.05, 0.1) is 0 Å². The summed E-state index contributed by atoms with van der Waals surface area (Å²) in [6, 6.07) is 14.6. The van der Waals surface area contributed by atoms with Crippen LogP contribution in [-0.2, 0) is 6.61 Å². The van der Waals surface area contributed by atoms with Gasteiger partial charge < -0.3 is 14.6 Å². The fourth-order valence-electron chi connectivity index (χ4n) is 1.90. The number of nitrogens with zero attached hydrogens (tertiary/aromatic N) is 4. The van der Waals surface area contributed by atoms with Crippen molar-refractivity contribution < 1.29 is 9.26 Å². The van der Waals surface area contributed by atoms with Crippen LogP contribution in [0, 0.1) is 18.3 Å². The number of pyridine rings is 1. The summed E-state index contributed by atoms with van der Waals surface area (Å²) < 4.78 is 10.5. The zero-order valence-electron chi connectivity index (χ0n) is 12.4. The van der Waals surface area contributed by atoms with Crippen molar-refractivity contribution in [1.29, 1.82) is 5.26 Å². The van der Waals surface area contributed by atoms with Crippen molar-refractivity contribution in [3.8, 4) is 11.8 Å². The van der Waals surface area contributed by atoms with Crippen LogP contribution in [0.25, 0.3) is 0 Å². The topological polar surface area (TPSA) is 96.9 Å². The zero-order valence-corrected chi connectivity index (χ0v) is 12.4. The Morgan fingerprint density at radius 3 is 2.70 bits per heavy atom. The second kappa shape index (κ2) is 6.58. The first-order chi connectivity index (χ1) is 11.2. The molecule has 2 aromatic heterocycles. The van der Waals surface area contributed by atoms with Gasteiger partial charge in [0, 0.05) is 12.6 Å². The van der Waals surface area contributed by atoms with Crippen LogP contribution in [0.5, 0.6) is 5.75 Å². The lowest BCUT2D eigenvalue weighted by atomic mass is 10.3. The highest BCUT2D eigenvalue weighted by Crippen LogP contribution is 2.19. The molecule has 7 heteroatoms. The molecule has 0 saturated carbocycles. The van der Waals surface area contributed by atoms with E-state index >= 15 is 0 Å². The van der Waals surface area contributed by atoms with Crippen molar-refractivity contribution in [3.63, 3.8) is 0 Å². The van der Waals surface area contributed by atoms with Gasteiger partial charge in [-0.2, -0.15) is 10.2 Å². The SMILES string of the molecule is Cc1nc(COc2ccc(Nc3cccc(C#N)n3)cc2)no1. The Morgan fingerprint density at radius 1 is 1.17 bits per heavy atom. The fraction of sp³-hybridized carbons (Fsp3) is 0.125. The average molecular weight is 307 g/mol. The number of aryl methyl sites for hydroxylation is 1. The molecular formula is C16H13N5O2. The van der Waals surface area contributed by atoms with Crippen LogP contribution in [0.1, 0.15) is 17.4 Å². The highest BCUT2D eigenvalue weighted by atomic mass is 16.5. The first-order valence-corrected chi connectivity index (χ1v) is 6.89. The van der Waals surface area contributed by atoms with Crippen LogP contribution in [0.4, 0.5) is 11.5 Å². The number of hydrogen-bond acceptors (Lipinski definition) is 7. The second-order valence-corrected chi connectivity index (χ2v) is 4.69. The highest BCUT2D eigenvalue weighted by molar-refractivity contribution is 5.57. The van der Waals surface area contributed by atoms with Gasteiger partial charge >= 0.3 is 0 Å². The van der Waals surface area contributed by atoms with E-state index in [0.29, 0.717) is 29.0 Å². The van der Waals surface area contributed by atoms with E-state index in [4.69, 9.17) is 14.5 Å². The van der Waals surface area contributed by atoms with Crippen LogP contribution in [0.15, 0.2) is 47.0 Å². The lowest BCUT2D eigenvalue weighted by molar-refractivity contribution is 0.286. The summed E-state index contributed by atoms with van der Waals surface area (Å²) in [7, 11) is 0. The molecule has 2 heterocycles. The molecule has 0 unspecified atom stereocenters. The van der Waals surface area contributed by atoms with Crippen molar-refractivity contribution in [2.75, 3.05) is 5.32 Å². The molecule has 23 heavy (non-hydrogen) atoms. The van der Waals surface area contributed by atoms with Gasteiger partial charge in [0.15, 0.2) is 6.61 Å². The van der Waals surface area contributed by atoms with E-state index in [1.54, 1.807) is 25.1 Å². The summed E-state index contributed by atoms with van der Waals surface area (Å²) in [6.07, 6.45) is 0. The van der Waals surface area contributed by atoms with Gasteiger partial charge in [-0.25, -0.2) is 4.98 Å². The van der Waals surface area contributed by atoms with Crippen molar-refractivity contribution in [2.45, 2.75) is 13.5 Å². The van der Waals surface area contributed by atoms with Gasteiger partial charge in [-0.3, -0.25) is 0 Å². The summed E-state index contributed by atoms with van der Waals surface area (Å²) >= 11 is 0. The standard InChI is InChI=1S/C16H13N5O2/c1-11-18-16(21-23-11)10-22-14-7-5-12(6-8-14)19-15-4-2-3-13(9-17)20-15/h2-8H,10H2,1H3,(H,19,20). The third kappa shape index (κ3) is 3.83. The molecule has 0 aliphatic carbocycles. The number of nitriles is 1. The molecule has 1 aromatic carbocycles. The van der Waals surface area contributed by atoms with Crippen LogP contribution in [-0.4, -0.2) is 15.1 Å². The Bertz CT molecular complexity index is 836. The molecule has 0 radical (unpaired) electrons. The lowest BCUT2D eigenvalue weighted by Gasteiger charge is -2.07. The number of ether oxygens (including phenoxy) is 1. The molecule has 114 valence electrons. The maximum Gasteiger partial charge on any atom is 0.223 e. The van der Waals surface area contributed by atoms with Crippen LogP contribution < -0.4 is 10.1 Å². The minimum Gasteiger partial charge on any atom is -0.485 e. The van der Waals surface area contributed by atoms with Crippen molar-refractivity contribution in [2.24, 2.45) is 0 Å². The lowest BCUT2D eigenvalue weighted by Crippen LogP contribution is -1.98. The van der Waals surface area contributed by atoms with E-state index < -0.39 is 0 Å². The smallest absolute Gasteiger partial charge is 0.223 e. The molecule has 3 aromatic rings. The van der Waals surface area contributed by atoms with E-state index in [0.717, 1.165) is 5.69 Å². The number of aromatic nitrogens is 3. The normalized spacial score (nSPS) is 10.1. The summed E-state index contributed by atoms with van der Waals surface area (Å²) in [5, 5.41) is 15.7. The summed E-state index contributed by atoms with van der Waals surface area (Å²) in [4.78, 5) is 8.22. The molecule has 0 bridgehead atoms. The summed E-state index contributed by atoms with van der Waals surface area (Å²) in [5.41, 5.74) is 1.21. The third-order valence-electron chi connectivity index (χ3n) is 2.93. The molecule has 1 N–H and O–H groups in total. The van der Waals surface area contributed by atoms with E-state index in [1.165, 1.54) is 0 Å². The van der Waals surface area contributed by atoms with Crippen LogP contribution >= 0.6 is 0 Å². The molecule has 0 atom stereocenters. The molecule has 0 fully saturated rings. The molecule has 0 aliphatic heterocycles. The van der Waals surface area contributed by atoms with Gasteiger partial charge in [-0.05, 0) is 36.4 Å². The third-order valence-corrected chi connectivity index (χ3v) is 2.93. The maximum atomic E-state index is 8.85. The van der Waals surface area contributed by atoms with Gasteiger partial charge in [-0.1, -0.05) is 11.2 Å². The second-order valence-electron chi connectivity index (χ2n) is 4.69. The first-order valence-electron chi connectivity index (χ1n) is 6.89. The first kappa shape index (κ1) is 14.5. The maximum absolute atomic E-state index is 8.85. The van der Waals surface area contributed by atoms with Gasteiger partial charge in [0.2, 0.25) is 11.7 Å². The number of hydrogen-bond donors (Lipinski definition) is 1. The van der Waals surface area contributed by atoms with Crippen LogP contribution in [0.2, 0.25) is 0 Å². The Labute approximate surface area is 132 Å². The zero-order chi connectivity index (χ0) is 16.1. The van der Waals surface area contributed by atoms with Gasteiger partial charge in [0.1, 0.15) is 23.3 Å². The molecule has 7 nitrogen and oxygen atoms in total. The van der Waals surface area contributed by atoms with E-state index in [2.05, 4.69) is 20.4 Å². The fourth-order valence-corrected chi connectivity index (χ4v) is 1.90. The Kier molecular flexibility index (Phi) is 4.16. The highest BCUT2D eigenvalue weighted by Gasteiger charge is 2.03. The van der Waals surface area contributed by atoms with E-state index in [9.17, 15) is 0 Å². The molecule has 0 aliphatic rings. The van der Waals surface area contributed by atoms with Crippen molar-refractivity contribution in [1.82, 2.24) is 15.1 Å². The predicted molar refractivity (Wildman–Crippen MR) is 82.0 cm³/mol. The number of anilines is 2. The largest absolute Gasteiger partial charge is 0.485 e. The molecular weight excluding hydrogens is 294 g/mol. The molecule has 0 amide bonds. The summed E-state index contributed by atoms with van der Waals surface area (Å²) in [5.74, 6) is 2.31. The number of benzene rings is 1. The predicted octanol–water partition coefficient (Wildman–Crippen LogP) is 2.97. The Balaban J connectivity index is 1.61. The molecule has 3 rings (SSSR count). The van der Waals surface area contributed by atoms with Crippen molar-refractivity contribution in [3.05, 3.63) is 59.9 Å². The Hall–Kier alpha value is -3.40. The molecule has 0 saturated heterocycles. The minimum atomic E-state index is 0.246. The van der Waals surface area contributed by atoms with Crippen LogP contribution in [0.3, 0.4) is 0 Å². The molecule has 0 spiro atoms. The monoisotopic (exact) mass is 307 g/mol. The number of rotatable bonds is 5. The minimum absolute atomic E-state index is 0.246. The van der Waals surface area contributed by atoms with E-state index in [1.807, 2.05) is 30.3 Å². The van der Waals surface area contributed by atoms with Gasteiger partial charge in [0.25, 0.3) is 0 Å². The van der Waals surface area contributed by atoms with E-state index in [-0.39, 0.29) is 6.61 Å². The number of nitrogens with one attached hydrogen (secondary N) is 1. The van der Waals surface area contributed by atoms with Gasteiger partial charge in [-0.15, -0.1) is 0 Å². The average Bonchev–Trinajstić information content (AvgIpc) is 3.00. The Morgan fingerprint density at radius 2 is 2.00 bits per heavy atom. The quantitative estimate of drug-likeness (QED) is 0.773. The van der Waals surface area contributed by atoms with Crippen molar-refractivity contribution >= 4 is 11.5 Å². The summed E-state index contributed by atoms with van der Waals surface area (Å²) in [6.45, 7) is 1.97.